The minimum atomic E-state index is 0.558. The molecule has 0 radical (unpaired) electrons. The highest BCUT2D eigenvalue weighted by atomic mass is 32.1. The summed E-state index contributed by atoms with van der Waals surface area (Å²) in [7, 11) is 0. The molecule has 3 nitrogen and oxygen atoms in total. The van der Waals surface area contributed by atoms with Crippen LogP contribution in [0.5, 0.6) is 0 Å². The fraction of sp³-hybridized carbons (Fsp3) is 0.727. The second-order valence-corrected chi connectivity index (χ2v) is 5.05. The lowest BCUT2D eigenvalue weighted by Crippen LogP contribution is -2.19. The number of anilines is 1. The van der Waals surface area contributed by atoms with E-state index in [1.165, 1.54) is 32.4 Å². The fourth-order valence-corrected chi connectivity index (χ4v) is 3.06. The van der Waals surface area contributed by atoms with Crippen LogP contribution in [0.2, 0.25) is 0 Å². The minimum Gasteiger partial charge on any atom is -0.348 e. The molecule has 1 fully saturated rings. The van der Waals surface area contributed by atoms with Crippen molar-refractivity contribution in [1.29, 1.82) is 0 Å². The molecule has 84 valence electrons. The number of nitrogens with two attached hydrogens (primary N) is 1. The molecular formula is C11H19N3S. The molecular weight excluding hydrogens is 206 g/mol. The van der Waals surface area contributed by atoms with Crippen LogP contribution in [-0.4, -0.2) is 18.1 Å². The van der Waals surface area contributed by atoms with Crippen molar-refractivity contribution >= 4 is 16.5 Å². The summed E-state index contributed by atoms with van der Waals surface area (Å²) in [5.41, 5.74) is 6.58. The highest BCUT2D eigenvalue weighted by Gasteiger charge is 2.23. The molecule has 1 aliphatic heterocycles. The first kappa shape index (κ1) is 10.9. The third-order valence-electron chi connectivity index (χ3n) is 3.00. The highest BCUT2D eigenvalue weighted by Crippen LogP contribution is 2.28. The van der Waals surface area contributed by atoms with E-state index in [1.807, 2.05) is 0 Å². The van der Waals surface area contributed by atoms with E-state index in [-0.39, 0.29) is 0 Å². The van der Waals surface area contributed by atoms with Crippen LogP contribution in [0.4, 0.5) is 5.13 Å². The van der Waals surface area contributed by atoms with E-state index in [4.69, 9.17) is 5.73 Å². The van der Waals surface area contributed by atoms with Crippen molar-refractivity contribution in [2.45, 2.75) is 32.7 Å². The van der Waals surface area contributed by atoms with Gasteiger partial charge in [-0.15, -0.1) is 11.3 Å². The number of aromatic nitrogens is 1. The van der Waals surface area contributed by atoms with E-state index in [2.05, 4.69) is 22.2 Å². The van der Waals surface area contributed by atoms with Crippen LogP contribution >= 0.6 is 11.3 Å². The maximum absolute atomic E-state index is 5.56. The molecule has 0 spiro atoms. The van der Waals surface area contributed by atoms with Crippen molar-refractivity contribution in [2.24, 2.45) is 11.7 Å². The monoisotopic (exact) mass is 225 g/mol. The molecule has 1 aliphatic rings. The predicted octanol–water partition coefficient (Wildman–Crippen LogP) is 2.23. The van der Waals surface area contributed by atoms with Gasteiger partial charge in [0.15, 0.2) is 5.13 Å². The molecule has 0 aliphatic carbocycles. The summed E-state index contributed by atoms with van der Waals surface area (Å²) in [6.45, 7) is 5.18. The summed E-state index contributed by atoms with van der Waals surface area (Å²) in [5, 5.41) is 3.23. The summed E-state index contributed by atoms with van der Waals surface area (Å²) in [6.07, 6.45) is 3.97. The first-order chi connectivity index (χ1) is 7.33. The van der Waals surface area contributed by atoms with Gasteiger partial charge in [0.05, 0.1) is 5.69 Å². The van der Waals surface area contributed by atoms with Crippen molar-refractivity contribution in [3.8, 4) is 0 Å². The standard InChI is InChI=1S/C11H19N3S/c1-2-3-9-4-5-14(7-9)11-13-10(6-12)8-15-11/h8-9H,2-7,12H2,1H3. The topological polar surface area (TPSA) is 42.2 Å². The second-order valence-electron chi connectivity index (χ2n) is 4.21. The number of hydrogen-bond acceptors (Lipinski definition) is 4. The largest absolute Gasteiger partial charge is 0.348 e. The Morgan fingerprint density at radius 2 is 2.53 bits per heavy atom. The summed E-state index contributed by atoms with van der Waals surface area (Å²) in [5.74, 6) is 0.875. The van der Waals surface area contributed by atoms with Crippen LogP contribution < -0.4 is 10.6 Å². The first-order valence-electron chi connectivity index (χ1n) is 5.73. The Morgan fingerprint density at radius 3 is 3.20 bits per heavy atom. The van der Waals surface area contributed by atoms with Gasteiger partial charge in [-0.1, -0.05) is 13.3 Å². The number of nitrogens with zero attached hydrogens (tertiary/aromatic N) is 2. The maximum Gasteiger partial charge on any atom is 0.185 e. The van der Waals surface area contributed by atoms with E-state index in [0.717, 1.165) is 16.7 Å². The molecule has 1 saturated heterocycles. The molecule has 0 aromatic carbocycles. The third-order valence-corrected chi connectivity index (χ3v) is 3.95. The molecule has 0 bridgehead atoms. The van der Waals surface area contributed by atoms with Crippen molar-refractivity contribution in [2.75, 3.05) is 18.0 Å². The van der Waals surface area contributed by atoms with Gasteiger partial charge in [-0.2, -0.15) is 0 Å². The second kappa shape index (κ2) is 4.94. The Hall–Kier alpha value is -0.610. The van der Waals surface area contributed by atoms with E-state index in [0.29, 0.717) is 6.54 Å². The van der Waals surface area contributed by atoms with Crippen LogP contribution in [0.25, 0.3) is 0 Å². The first-order valence-corrected chi connectivity index (χ1v) is 6.61. The van der Waals surface area contributed by atoms with Crippen LogP contribution in [0.3, 0.4) is 0 Å². The van der Waals surface area contributed by atoms with E-state index < -0.39 is 0 Å². The average Bonchev–Trinajstić information content (AvgIpc) is 2.85. The maximum atomic E-state index is 5.56. The quantitative estimate of drug-likeness (QED) is 0.854. The molecule has 2 heterocycles. The molecule has 4 heteroatoms. The molecule has 15 heavy (non-hydrogen) atoms. The zero-order valence-electron chi connectivity index (χ0n) is 9.28. The fourth-order valence-electron chi connectivity index (χ4n) is 2.19. The lowest BCUT2D eigenvalue weighted by Gasteiger charge is -2.14. The van der Waals surface area contributed by atoms with Gasteiger partial charge in [0, 0.05) is 25.0 Å². The van der Waals surface area contributed by atoms with Gasteiger partial charge in [-0.25, -0.2) is 4.98 Å². The number of hydrogen-bond donors (Lipinski definition) is 1. The van der Waals surface area contributed by atoms with Crippen LogP contribution in [-0.2, 0) is 6.54 Å². The summed E-state index contributed by atoms with van der Waals surface area (Å²) in [6, 6.07) is 0. The van der Waals surface area contributed by atoms with E-state index in [1.54, 1.807) is 11.3 Å². The Labute approximate surface area is 95.3 Å². The highest BCUT2D eigenvalue weighted by molar-refractivity contribution is 7.13. The van der Waals surface area contributed by atoms with Gasteiger partial charge in [0.25, 0.3) is 0 Å². The smallest absolute Gasteiger partial charge is 0.185 e. The zero-order chi connectivity index (χ0) is 10.7. The molecule has 2 N–H and O–H groups in total. The van der Waals surface area contributed by atoms with Crippen molar-refractivity contribution in [3.63, 3.8) is 0 Å². The molecule has 0 amide bonds. The van der Waals surface area contributed by atoms with Gasteiger partial charge in [0.2, 0.25) is 0 Å². The zero-order valence-corrected chi connectivity index (χ0v) is 10.1. The van der Waals surface area contributed by atoms with Gasteiger partial charge < -0.3 is 10.6 Å². The van der Waals surface area contributed by atoms with E-state index >= 15 is 0 Å². The van der Waals surface area contributed by atoms with Crippen molar-refractivity contribution < 1.29 is 0 Å². The summed E-state index contributed by atoms with van der Waals surface area (Å²) < 4.78 is 0. The predicted molar refractivity (Wildman–Crippen MR) is 65.2 cm³/mol. The van der Waals surface area contributed by atoms with Crippen LogP contribution in [0.15, 0.2) is 5.38 Å². The van der Waals surface area contributed by atoms with Gasteiger partial charge in [-0.05, 0) is 18.8 Å². The Kier molecular flexibility index (Phi) is 3.59. The molecule has 2 rings (SSSR count). The number of rotatable bonds is 4. The van der Waals surface area contributed by atoms with Crippen LogP contribution in [0.1, 0.15) is 31.9 Å². The van der Waals surface area contributed by atoms with Crippen molar-refractivity contribution in [1.82, 2.24) is 4.98 Å². The van der Waals surface area contributed by atoms with Crippen molar-refractivity contribution in [3.05, 3.63) is 11.1 Å². The molecule has 1 aromatic heterocycles. The SMILES string of the molecule is CCCC1CCN(c2nc(CN)cs2)C1. The Morgan fingerprint density at radius 1 is 1.67 bits per heavy atom. The molecule has 0 saturated carbocycles. The van der Waals surface area contributed by atoms with Gasteiger partial charge >= 0.3 is 0 Å². The van der Waals surface area contributed by atoms with E-state index in [9.17, 15) is 0 Å². The molecule has 1 aromatic rings. The summed E-state index contributed by atoms with van der Waals surface area (Å²) in [4.78, 5) is 6.93. The van der Waals surface area contributed by atoms with Crippen LogP contribution in [0, 0.1) is 5.92 Å². The number of thiazole rings is 1. The molecule has 1 unspecified atom stereocenters. The Balaban J connectivity index is 1.95. The molecule has 1 atom stereocenters. The van der Waals surface area contributed by atoms with Gasteiger partial charge in [0.1, 0.15) is 0 Å². The van der Waals surface area contributed by atoms with Gasteiger partial charge in [-0.3, -0.25) is 0 Å². The normalized spacial score (nSPS) is 21.2. The summed E-state index contributed by atoms with van der Waals surface area (Å²) >= 11 is 1.73. The average molecular weight is 225 g/mol. The minimum absolute atomic E-state index is 0.558. The lowest BCUT2D eigenvalue weighted by molar-refractivity contribution is 0.529. The lowest BCUT2D eigenvalue weighted by atomic mass is 10.0. The third kappa shape index (κ3) is 2.49. The Bertz CT molecular complexity index is 311.